The quantitative estimate of drug-likeness (QED) is 0.210. The molecule has 0 heterocycles. The van der Waals surface area contributed by atoms with E-state index in [0.717, 1.165) is 12.8 Å². The minimum atomic E-state index is -2.13. The molecule has 0 saturated heterocycles. The minimum absolute atomic E-state index is 0.113. The average Bonchev–Trinajstić information content (AvgIpc) is 2.42. The van der Waals surface area contributed by atoms with E-state index in [4.69, 9.17) is 10.4 Å². The summed E-state index contributed by atoms with van der Waals surface area (Å²) < 4.78 is 0. The van der Waals surface area contributed by atoms with Gasteiger partial charge in [-0.3, -0.25) is 0 Å². The summed E-state index contributed by atoms with van der Waals surface area (Å²) in [5, 5.41) is 27.6. The molecule has 0 rings (SSSR count). The highest BCUT2D eigenvalue weighted by atomic mass is 17.1. The second kappa shape index (κ2) is 14.8. The Labute approximate surface area is 131 Å². The van der Waals surface area contributed by atoms with Crippen LogP contribution in [0.3, 0.4) is 0 Å². The Morgan fingerprint density at radius 2 is 0.857 bits per heavy atom. The first-order valence-corrected chi connectivity index (χ1v) is 9.11. The first-order chi connectivity index (χ1) is 10.1. The van der Waals surface area contributed by atoms with Crippen molar-refractivity contribution in [3.63, 3.8) is 0 Å². The van der Waals surface area contributed by atoms with Crippen molar-refractivity contribution in [1.82, 2.24) is 0 Å². The van der Waals surface area contributed by atoms with E-state index in [1.165, 1.54) is 77.0 Å². The summed E-state index contributed by atoms with van der Waals surface area (Å²) in [6, 6.07) is 0. The summed E-state index contributed by atoms with van der Waals surface area (Å²) in [4.78, 5) is -2.13. The molecule has 0 bridgehead atoms. The molecule has 0 radical (unpaired) electrons. The molecule has 0 aliphatic carbocycles. The SMILES string of the molecule is CCCCCCCCCCCCCCCCC[N+]([O-])(O)O. The number of rotatable bonds is 16. The predicted octanol–water partition coefficient (Wildman–Crippen LogP) is 5.95. The van der Waals surface area contributed by atoms with Crippen LogP contribution in [0.25, 0.3) is 0 Å². The van der Waals surface area contributed by atoms with Crippen LogP contribution in [0.2, 0.25) is 0 Å². The summed E-state index contributed by atoms with van der Waals surface area (Å²) in [5.74, 6) is 0. The molecule has 0 aliphatic rings. The lowest BCUT2D eigenvalue weighted by atomic mass is 10.0. The van der Waals surface area contributed by atoms with Crippen LogP contribution in [0.15, 0.2) is 0 Å². The molecule has 21 heavy (non-hydrogen) atoms. The van der Waals surface area contributed by atoms with E-state index in [2.05, 4.69) is 6.92 Å². The molecule has 0 aromatic rings. The number of hydroxylamine groups is 3. The Balaban J connectivity index is 3.00. The van der Waals surface area contributed by atoms with E-state index in [1.54, 1.807) is 0 Å². The Kier molecular flexibility index (Phi) is 14.7. The Morgan fingerprint density at radius 1 is 0.571 bits per heavy atom. The van der Waals surface area contributed by atoms with Gasteiger partial charge in [-0.2, -0.15) is 10.4 Å². The van der Waals surface area contributed by atoms with Crippen LogP contribution < -0.4 is 0 Å². The van der Waals surface area contributed by atoms with Gasteiger partial charge in [-0.15, -0.1) is 0 Å². The molecule has 0 spiro atoms. The van der Waals surface area contributed by atoms with E-state index in [1.807, 2.05) is 0 Å². The number of hydrogen-bond donors (Lipinski definition) is 2. The van der Waals surface area contributed by atoms with Crippen LogP contribution >= 0.6 is 0 Å². The van der Waals surface area contributed by atoms with Gasteiger partial charge in [-0.25, -0.2) is 0 Å². The summed E-state index contributed by atoms with van der Waals surface area (Å²) in [5.41, 5.74) is 0. The largest absolute Gasteiger partial charge is 0.564 e. The smallest absolute Gasteiger partial charge is 0.142 e. The van der Waals surface area contributed by atoms with Crippen LogP contribution in [0, 0.1) is 5.21 Å². The third-order valence-electron chi connectivity index (χ3n) is 4.05. The first-order valence-electron chi connectivity index (χ1n) is 9.11. The van der Waals surface area contributed by atoms with E-state index >= 15 is 0 Å². The molecule has 0 aliphatic heterocycles. The van der Waals surface area contributed by atoms with Gasteiger partial charge in [-0.05, 0) is 6.42 Å². The average molecular weight is 303 g/mol. The zero-order valence-electron chi connectivity index (χ0n) is 14.1. The van der Waals surface area contributed by atoms with Crippen molar-refractivity contribution in [3.8, 4) is 0 Å². The summed E-state index contributed by atoms with van der Waals surface area (Å²) in [7, 11) is 0. The number of nitrogens with zero attached hydrogens (tertiary/aromatic N) is 1. The zero-order valence-corrected chi connectivity index (χ0v) is 14.1. The Morgan fingerprint density at radius 3 is 1.14 bits per heavy atom. The highest BCUT2D eigenvalue weighted by Crippen LogP contribution is 2.13. The third-order valence-corrected chi connectivity index (χ3v) is 4.05. The fourth-order valence-electron chi connectivity index (χ4n) is 2.69. The zero-order chi connectivity index (χ0) is 15.8. The van der Waals surface area contributed by atoms with Crippen LogP contribution in [-0.4, -0.2) is 21.9 Å². The van der Waals surface area contributed by atoms with Gasteiger partial charge >= 0.3 is 0 Å². The van der Waals surface area contributed by atoms with Gasteiger partial charge in [0, 0.05) is 6.42 Å². The van der Waals surface area contributed by atoms with Crippen molar-refractivity contribution in [2.24, 2.45) is 0 Å². The molecule has 0 aromatic heterocycles. The normalized spacial score (nSPS) is 12.0. The predicted molar refractivity (Wildman–Crippen MR) is 87.0 cm³/mol. The van der Waals surface area contributed by atoms with Gasteiger partial charge in [0.15, 0.2) is 0 Å². The molecule has 0 saturated carbocycles. The van der Waals surface area contributed by atoms with Gasteiger partial charge in [0.1, 0.15) is 6.54 Å². The molecule has 4 nitrogen and oxygen atoms in total. The van der Waals surface area contributed by atoms with Gasteiger partial charge in [0.2, 0.25) is 0 Å². The summed E-state index contributed by atoms with van der Waals surface area (Å²) in [6.45, 7) is 2.15. The van der Waals surface area contributed by atoms with Gasteiger partial charge in [0.25, 0.3) is 0 Å². The molecule has 128 valence electrons. The summed E-state index contributed by atoms with van der Waals surface area (Å²) >= 11 is 0. The molecule has 0 atom stereocenters. The fraction of sp³-hybridized carbons (Fsp3) is 1.00. The Bertz CT molecular complexity index is 205. The van der Waals surface area contributed by atoms with E-state index in [0.29, 0.717) is 6.42 Å². The van der Waals surface area contributed by atoms with Crippen LogP contribution in [0.5, 0.6) is 0 Å². The Hall–Kier alpha value is -0.160. The fourth-order valence-corrected chi connectivity index (χ4v) is 2.69. The van der Waals surface area contributed by atoms with E-state index in [-0.39, 0.29) is 6.54 Å². The second-order valence-corrected chi connectivity index (χ2v) is 6.34. The monoisotopic (exact) mass is 303 g/mol. The lowest BCUT2D eigenvalue weighted by Crippen LogP contribution is -2.34. The molecule has 0 amide bonds. The van der Waals surface area contributed by atoms with Crippen molar-refractivity contribution in [2.45, 2.75) is 103 Å². The minimum Gasteiger partial charge on any atom is -0.564 e. The van der Waals surface area contributed by atoms with Gasteiger partial charge in [0.05, 0.1) is 0 Å². The highest BCUT2D eigenvalue weighted by molar-refractivity contribution is 4.49. The molecular formula is C17H37NO3. The van der Waals surface area contributed by atoms with Crippen LogP contribution in [0.1, 0.15) is 103 Å². The topological polar surface area (TPSA) is 63.5 Å². The van der Waals surface area contributed by atoms with Gasteiger partial charge < -0.3 is 5.21 Å². The first kappa shape index (κ1) is 20.8. The molecule has 0 fully saturated rings. The van der Waals surface area contributed by atoms with E-state index < -0.39 is 4.97 Å². The van der Waals surface area contributed by atoms with Crippen molar-refractivity contribution in [1.29, 1.82) is 0 Å². The second-order valence-electron chi connectivity index (χ2n) is 6.34. The molecular weight excluding hydrogens is 266 g/mol. The van der Waals surface area contributed by atoms with Crippen molar-refractivity contribution >= 4 is 0 Å². The van der Waals surface area contributed by atoms with Crippen molar-refractivity contribution in [3.05, 3.63) is 5.21 Å². The molecule has 0 unspecified atom stereocenters. The molecule has 0 aromatic carbocycles. The number of unbranched alkanes of at least 4 members (excludes halogenated alkanes) is 14. The van der Waals surface area contributed by atoms with Crippen LogP contribution in [0.4, 0.5) is 0 Å². The van der Waals surface area contributed by atoms with Crippen molar-refractivity contribution < 1.29 is 15.4 Å². The van der Waals surface area contributed by atoms with Crippen LogP contribution in [-0.2, 0) is 0 Å². The van der Waals surface area contributed by atoms with E-state index in [9.17, 15) is 5.21 Å². The summed E-state index contributed by atoms with van der Waals surface area (Å²) in [6.07, 6.45) is 18.9. The maximum Gasteiger partial charge on any atom is 0.142 e. The highest BCUT2D eigenvalue weighted by Gasteiger charge is 2.06. The number of quaternary nitrogens is 1. The third kappa shape index (κ3) is 19.8. The maximum absolute atomic E-state index is 10.5. The molecule has 2 N–H and O–H groups in total. The lowest BCUT2D eigenvalue weighted by Gasteiger charge is -2.23. The standard InChI is InChI=1S/C17H37NO3/c1-2-3-4-5-6-7-8-9-10-11-12-13-14-15-16-17-18(19,20)21/h19-20H,2-17H2,1H3. The van der Waals surface area contributed by atoms with Crippen molar-refractivity contribution in [2.75, 3.05) is 6.54 Å². The molecule has 4 heteroatoms. The lowest BCUT2D eigenvalue weighted by molar-refractivity contribution is -1.21. The number of hydrogen-bond acceptors (Lipinski definition) is 3. The van der Waals surface area contributed by atoms with Gasteiger partial charge in [-0.1, -0.05) is 95.4 Å². The maximum atomic E-state index is 10.5.